The van der Waals surface area contributed by atoms with Crippen LogP contribution in [-0.2, 0) is 4.79 Å². The van der Waals surface area contributed by atoms with Crippen molar-refractivity contribution >= 4 is 17.7 Å². The molecule has 0 heterocycles. The van der Waals surface area contributed by atoms with E-state index < -0.39 is 0 Å². The van der Waals surface area contributed by atoms with Gasteiger partial charge in [-0.2, -0.15) is 0 Å². The van der Waals surface area contributed by atoms with E-state index in [1.807, 2.05) is 6.92 Å². The molecule has 1 aromatic rings. The first-order valence-electron chi connectivity index (χ1n) is 5.01. The van der Waals surface area contributed by atoms with Gasteiger partial charge in [0.15, 0.2) is 0 Å². The number of nitrogens with zero attached hydrogens (tertiary/aromatic N) is 1. The Labute approximate surface area is 99.8 Å². The number of carbonyl (C=O) groups excluding carboxylic acids is 1. The van der Waals surface area contributed by atoms with Crippen molar-refractivity contribution in [1.82, 2.24) is 4.90 Å². The van der Waals surface area contributed by atoms with Gasteiger partial charge in [-0.25, -0.2) is 4.39 Å². The third-order valence-electron chi connectivity index (χ3n) is 2.31. The summed E-state index contributed by atoms with van der Waals surface area (Å²) in [6, 6.07) is 3.30. The van der Waals surface area contributed by atoms with Crippen molar-refractivity contribution in [1.29, 1.82) is 0 Å². The van der Waals surface area contributed by atoms with Crippen molar-refractivity contribution in [2.75, 3.05) is 19.8 Å². The number of hydrogen-bond acceptors (Lipinski definition) is 2. The molecule has 0 aliphatic carbocycles. The van der Waals surface area contributed by atoms with Gasteiger partial charge in [-0.05, 0) is 37.1 Å². The second-order valence-corrected chi connectivity index (χ2v) is 4.96. The monoisotopic (exact) mass is 241 g/mol. The van der Waals surface area contributed by atoms with Gasteiger partial charge in [-0.1, -0.05) is 0 Å². The van der Waals surface area contributed by atoms with Crippen LogP contribution in [0.25, 0.3) is 0 Å². The summed E-state index contributed by atoms with van der Waals surface area (Å²) in [6.45, 7) is 3.58. The molecule has 0 saturated heterocycles. The molecule has 4 heteroatoms. The minimum Gasteiger partial charge on any atom is -0.348 e. The van der Waals surface area contributed by atoms with E-state index in [4.69, 9.17) is 0 Å². The molecular formula is C12H16FNOS. The zero-order valence-electron chi connectivity index (χ0n) is 10.0. The van der Waals surface area contributed by atoms with Gasteiger partial charge >= 0.3 is 0 Å². The van der Waals surface area contributed by atoms with E-state index in [9.17, 15) is 9.18 Å². The number of thioether (sulfide) groups is 1. The smallest absolute Gasteiger partial charge is 0.232 e. The maximum absolute atomic E-state index is 13.2. The lowest BCUT2D eigenvalue weighted by molar-refractivity contribution is -0.125. The summed E-state index contributed by atoms with van der Waals surface area (Å²) in [4.78, 5) is 13.9. The van der Waals surface area contributed by atoms with Gasteiger partial charge < -0.3 is 4.90 Å². The lowest BCUT2D eigenvalue weighted by Gasteiger charge is -2.11. The van der Waals surface area contributed by atoms with Crippen molar-refractivity contribution in [3.8, 4) is 0 Å². The highest BCUT2D eigenvalue weighted by molar-refractivity contribution is 8.00. The fraction of sp³-hybridized carbons (Fsp3) is 0.417. The molecule has 0 aliphatic rings. The van der Waals surface area contributed by atoms with E-state index >= 15 is 0 Å². The van der Waals surface area contributed by atoms with Gasteiger partial charge in [0.05, 0.1) is 5.75 Å². The molecule has 0 radical (unpaired) electrons. The lowest BCUT2D eigenvalue weighted by atomic mass is 10.1. The standard InChI is InChI=1S/C12H16FNOS/c1-8-6-11(9(2)5-10(8)13)16-7-12(15)14(3)4/h5-6H,7H2,1-4H3. The van der Waals surface area contributed by atoms with Crippen LogP contribution in [0.1, 0.15) is 11.1 Å². The zero-order chi connectivity index (χ0) is 12.3. The molecule has 0 spiro atoms. The van der Waals surface area contributed by atoms with Gasteiger partial charge in [0, 0.05) is 19.0 Å². The molecule has 88 valence electrons. The number of rotatable bonds is 3. The largest absolute Gasteiger partial charge is 0.348 e. The molecule has 0 N–H and O–H groups in total. The van der Waals surface area contributed by atoms with Crippen LogP contribution in [0.15, 0.2) is 17.0 Å². The maximum Gasteiger partial charge on any atom is 0.232 e. The number of carbonyl (C=O) groups is 1. The van der Waals surface area contributed by atoms with Crippen molar-refractivity contribution in [2.24, 2.45) is 0 Å². The SMILES string of the molecule is Cc1cc(SCC(=O)N(C)C)c(C)cc1F. The Bertz CT molecular complexity index is 404. The number of amides is 1. The average Bonchev–Trinajstić information content (AvgIpc) is 2.20. The molecule has 0 bridgehead atoms. The minimum atomic E-state index is -0.194. The Morgan fingerprint density at radius 1 is 1.31 bits per heavy atom. The number of benzene rings is 1. The summed E-state index contributed by atoms with van der Waals surface area (Å²) in [6.07, 6.45) is 0. The zero-order valence-corrected chi connectivity index (χ0v) is 10.8. The summed E-state index contributed by atoms with van der Waals surface area (Å²) in [5.74, 6) is 0.256. The Morgan fingerprint density at radius 2 is 1.94 bits per heavy atom. The van der Waals surface area contributed by atoms with E-state index in [0.717, 1.165) is 10.5 Å². The molecule has 2 nitrogen and oxygen atoms in total. The van der Waals surface area contributed by atoms with Crippen molar-refractivity contribution in [3.05, 3.63) is 29.1 Å². The quantitative estimate of drug-likeness (QED) is 0.758. The predicted octanol–water partition coefficient (Wildman–Crippen LogP) is 2.62. The normalized spacial score (nSPS) is 10.3. The van der Waals surface area contributed by atoms with E-state index in [2.05, 4.69) is 0 Å². The van der Waals surface area contributed by atoms with Crippen LogP contribution in [0.5, 0.6) is 0 Å². The fourth-order valence-corrected chi connectivity index (χ4v) is 2.26. The summed E-state index contributed by atoms with van der Waals surface area (Å²) < 4.78 is 13.2. The molecule has 0 aliphatic heterocycles. The molecule has 1 amide bonds. The van der Waals surface area contributed by atoms with Crippen molar-refractivity contribution < 1.29 is 9.18 Å². The van der Waals surface area contributed by atoms with Crippen LogP contribution < -0.4 is 0 Å². The molecule has 0 atom stereocenters. The van der Waals surface area contributed by atoms with Crippen molar-refractivity contribution in [2.45, 2.75) is 18.7 Å². The first-order valence-corrected chi connectivity index (χ1v) is 6.00. The summed E-state index contributed by atoms with van der Waals surface area (Å²) >= 11 is 1.45. The highest BCUT2D eigenvalue weighted by Crippen LogP contribution is 2.25. The average molecular weight is 241 g/mol. The van der Waals surface area contributed by atoms with Crippen molar-refractivity contribution in [3.63, 3.8) is 0 Å². The van der Waals surface area contributed by atoms with Crippen LogP contribution >= 0.6 is 11.8 Å². The van der Waals surface area contributed by atoms with Gasteiger partial charge in [0.1, 0.15) is 5.82 Å². The molecule has 16 heavy (non-hydrogen) atoms. The first kappa shape index (κ1) is 13.0. The second kappa shape index (κ2) is 5.34. The van der Waals surface area contributed by atoms with E-state index in [1.165, 1.54) is 17.8 Å². The predicted molar refractivity (Wildman–Crippen MR) is 65.3 cm³/mol. The third-order valence-corrected chi connectivity index (χ3v) is 3.45. The molecule has 0 saturated carbocycles. The van der Waals surface area contributed by atoms with Crippen LogP contribution in [-0.4, -0.2) is 30.7 Å². The summed E-state index contributed by atoms with van der Waals surface area (Å²) in [7, 11) is 3.46. The Hall–Kier alpha value is -1.03. The third kappa shape index (κ3) is 3.23. The molecule has 1 rings (SSSR count). The Kier molecular flexibility index (Phi) is 4.35. The van der Waals surface area contributed by atoms with Crippen LogP contribution in [0.2, 0.25) is 0 Å². The molecule has 0 unspecified atom stereocenters. The highest BCUT2D eigenvalue weighted by Gasteiger charge is 2.08. The number of halogens is 1. The fourth-order valence-electron chi connectivity index (χ4n) is 1.18. The Morgan fingerprint density at radius 3 is 2.50 bits per heavy atom. The van der Waals surface area contributed by atoms with Gasteiger partial charge in [0.25, 0.3) is 0 Å². The van der Waals surface area contributed by atoms with Crippen LogP contribution in [0.3, 0.4) is 0 Å². The Balaban J connectivity index is 2.75. The molecule has 0 fully saturated rings. The topological polar surface area (TPSA) is 20.3 Å². The van der Waals surface area contributed by atoms with Gasteiger partial charge in [-0.15, -0.1) is 11.8 Å². The van der Waals surface area contributed by atoms with Crippen LogP contribution in [0, 0.1) is 19.7 Å². The molecule has 1 aromatic carbocycles. The number of hydrogen-bond donors (Lipinski definition) is 0. The highest BCUT2D eigenvalue weighted by atomic mass is 32.2. The number of aryl methyl sites for hydroxylation is 2. The molecule has 0 aromatic heterocycles. The first-order chi connectivity index (χ1) is 7.41. The van der Waals surface area contributed by atoms with Gasteiger partial charge in [-0.3, -0.25) is 4.79 Å². The minimum absolute atomic E-state index is 0.0615. The van der Waals surface area contributed by atoms with Crippen LogP contribution in [0.4, 0.5) is 4.39 Å². The summed E-state index contributed by atoms with van der Waals surface area (Å²) in [5, 5.41) is 0. The second-order valence-electron chi connectivity index (χ2n) is 3.94. The molecular weight excluding hydrogens is 225 g/mol. The summed E-state index contributed by atoms with van der Waals surface area (Å²) in [5.41, 5.74) is 1.49. The van der Waals surface area contributed by atoms with E-state index in [0.29, 0.717) is 11.3 Å². The van der Waals surface area contributed by atoms with E-state index in [-0.39, 0.29) is 11.7 Å². The maximum atomic E-state index is 13.2. The lowest BCUT2D eigenvalue weighted by Crippen LogP contribution is -2.23. The van der Waals surface area contributed by atoms with Gasteiger partial charge in [0.2, 0.25) is 5.91 Å². The van der Waals surface area contributed by atoms with E-state index in [1.54, 1.807) is 32.0 Å².